The first-order valence-corrected chi connectivity index (χ1v) is 5.86. The van der Waals surface area contributed by atoms with Crippen LogP contribution in [-0.4, -0.2) is 17.3 Å². The molecule has 4 nitrogen and oxygen atoms in total. The summed E-state index contributed by atoms with van der Waals surface area (Å²) in [5.74, 6) is 0.778. The maximum atomic E-state index is 5.75. The lowest BCUT2D eigenvalue weighted by atomic mass is 10.00. The first kappa shape index (κ1) is 10.9. The summed E-state index contributed by atoms with van der Waals surface area (Å²) in [5, 5.41) is 8.14. The third-order valence-corrected chi connectivity index (χ3v) is 3.12. The molecule has 0 bridgehead atoms. The van der Waals surface area contributed by atoms with Gasteiger partial charge in [0.25, 0.3) is 0 Å². The predicted octanol–water partition coefficient (Wildman–Crippen LogP) is 2.52. The first-order chi connectivity index (χ1) is 8.74. The summed E-state index contributed by atoms with van der Waals surface area (Å²) in [6, 6.07) is 3.93. The summed E-state index contributed by atoms with van der Waals surface area (Å²) in [7, 11) is 1.66. The van der Waals surface area contributed by atoms with Crippen molar-refractivity contribution in [2.45, 2.75) is 13.3 Å². The van der Waals surface area contributed by atoms with Crippen molar-refractivity contribution in [1.29, 1.82) is 0 Å². The summed E-state index contributed by atoms with van der Waals surface area (Å²) in [6.45, 7) is 5.94. The highest BCUT2D eigenvalue weighted by molar-refractivity contribution is 5.96. The Balaban J connectivity index is 2.57. The topological polar surface area (TPSA) is 51.0 Å². The van der Waals surface area contributed by atoms with Crippen LogP contribution in [0.5, 0.6) is 5.75 Å². The monoisotopic (exact) mass is 242 g/mol. The van der Waals surface area contributed by atoms with Gasteiger partial charge < -0.3 is 9.15 Å². The van der Waals surface area contributed by atoms with Gasteiger partial charge in [-0.3, -0.25) is 5.10 Å². The Kier molecular flexibility index (Phi) is 2.37. The van der Waals surface area contributed by atoms with Gasteiger partial charge in [-0.05, 0) is 18.1 Å². The molecule has 0 radical (unpaired) electrons. The van der Waals surface area contributed by atoms with Crippen LogP contribution in [0.2, 0.25) is 0 Å². The zero-order valence-corrected chi connectivity index (χ0v) is 10.4. The predicted molar refractivity (Wildman–Crippen MR) is 70.5 cm³/mol. The SMILES string of the molecule is C=c1cc2[nH]ncc3cc(CC)c(OC)c(o1)c3-2. The lowest BCUT2D eigenvalue weighted by Gasteiger charge is -2.15. The highest BCUT2D eigenvalue weighted by Crippen LogP contribution is 2.38. The lowest BCUT2D eigenvalue weighted by molar-refractivity contribution is 0.402. The van der Waals surface area contributed by atoms with Crippen molar-refractivity contribution in [2.24, 2.45) is 0 Å². The van der Waals surface area contributed by atoms with E-state index < -0.39 is 0 Å². The van der Waals surface area contributed by atoms with Crippen LogP contribution in [0.1, 0.15) is 12.5 Å². The molecule has 1 aromatic rings. The lowest BCUT2D eigenvalue weighted by Crippen LogP contribution is -2.05. The average molecular weight is 242 g/mol. The van der Waals surface area contributed by atoms with Crippen LogP contribution < -0.4 is 10.2 Å². The highest BCUT2D eigenvalue weighted by Gasteiger charge is 2.18. The zero-order valence-electron chi connectivity index (χ0n) is 10.4. The minimum atomic E-state index is 0.583. The smallest absolute Gasteiger partial charge is 0.179 e. The number of aromatic amines is 1. The van der Waals surface area contributed by atoms with Crippen molar-refractivity contribution < 1.29 is 9.15 Å². The second kappa shape index (κ2) is 3.91. The van der Waals surface area contributed by atoms with Crippen LogP contribution >= 0.6 is 0 Å². The van der Waals surface area contributed by atoms with Gasteiger partial charge in [0.1, 0.15) is 5.42 Å². The molecule has 0 atom stereocenters. The van der Waals surface area contributed by atoms with E-state index in [9.17, 15) is 0 Å². The number of nitrogens with one attached hydrogen (secondary N) is 1. The largest absolute Gasteiger partial charge is 0.493 e. The van der Waals surface area contributed by atoms with Gasteiger partial charge in [0.15, 0.2) is 11.3 Å². The average Bonchev–Trinajstić information content (AvgIpc) is 2.38. The molecule has 0 aromatic heterocycles. The molecule has 1 N–H and O–H groups in total. The van der Waals surface area contributed by atoms with Crippen molar-refractivity contribution >= 4 is 17.5 Å². The number of hydrogen-bond donors (Lipinski definition) is 1. The van der Waals surface area contributed by atoms with Crippen molar-refractivity contribution in [3.05, 3.63) is 29.3 Å². The van der Waals surface area contributed by atoms with E-state index in [1.165, 1.54) is 0 Å². The normalized spacial score (nSPS) is 11.2. The third kappa shape index (κ3) is 1.42. The highest BCUT2D eigenvalue weighted by atomic mass is 16.5. The standard InChI is InChI=1S/C14H14N2O2/c1-4-9-6-10-7-15-16-11-5-8(2)18-14(12(10)11)13(9)17-3/h5-7,16H,2,4H2,1,3H3. The number of aromatic nitrogens is 2. The zero-order chi connectivity index (χ0) is 12.7. The summed E-state index contributed by atoms with van der Waals surface area (Å²) < 4.78 is 11.2. The van der Waals surface area contributed by atoms with Crippen LogP contribution in [0.4, 0.5) is 0 Å². The Morgan fingerprint density at radius 1 is 1.44 bits per heavy atom. The van der Waals surface area contributed by atoms with Crippen molar-refractivity contribution in [1.82, 2.24) is 10.2 Å². The molecule has 3 rings (SSSR count). The fourth-order valence-corrected chi connectivity index (χ4v) is 2.33. The Morgan fingerprint density at radius 2 is 2.28 bits per heavy atom. The van der Waals surface area contributed by atoms with Gasteiger partial charge in [-0.15, -0.1) is 0 Å². The Morgan fingerprint density at radius 3 is 3.00 bits per heavy atom. The van der Waals surface area contributed by atoms with Crippen LogP contribution in [-0.2, 0) is 6.42 Å². The molecule has 0 spiro atoms. The maximum absolute atomic E-state index is 5.75. The number of hydrogen-bond acceptors (Lipinski definition) is 3. The molecule has 0 fully saturated rings. The minimum absolute atomic E-state index is 0.583. The molecule has 4 heteroatoms. The van der Waals surface area contributed by atoms with Gasteiger partial charge in [0, 0.05) is 11.5 Å². The second-order valence-corrected chi connectivity index (χ2v) is 4.21. The van der Waals surface area contributed by atoms with Crippen molar-refractivity contribution in [3.63, 3.8) is 0 Å². The Hall–Kier alpha value is -2.23. The maximum Gasteiger partial charge on any atom is 0.179 e. The summed E-state index contributed by atoms with van der Waals surface area (Å²) >= 11 is 0. The minimum Gasteiger partial charge on any atom is -0.493 e. The van der Waals surface area contributed by atoms with Crippen LogP contribution in [0.15, 0.2) is 22.7 Å². The Labute approximate surface area is 104 Å². The quantitative estimate of drug-likeness (QED) is 0.751. The number of ether oxygens (including phenoxy) is 1. The number of rotatable bonds is 2. The molecule has 18 heavy (non-hydrogen) atoms. The van der Waals surface area contributed by atoms with Gasteiger partial charge in [-0.25, -0.2) is 0 Å². The van der Waals surface area contributed by atoms with Gasteiger partial charge in [0.2, 0.25) is 0 Å². The van der Waals surface area contributed by atoms with E-state index in [1.54, 1.807) is 13.3 Å². The molecule has 92 valence electrons. The van der Waals surface area contributed by atoms with Gasteiger partial charge in [-0.1, -0.05) is 13.5 Å². The number of H-pyrrole nitrogens is 1. The van der Waals surface area contributed by atoms with E-state index in [0.29, 0.717) is 5.42 Å². The molecule has 2 aliphatic rings. The van der Waals surface area contributed by atoms with E-state index >= 15 is 0 Å². The Bertz CT molecular complexity index is 739. The number of methoxy groups -OCH3 is 1. The van der Waals surface area contributed by atoms with Gasteiger partial charge in [-0.2, -0.15) is 5.10 Å². The number of nitrogens with zero attached hydrogens (tertiary/aromatic N) is 1. The number of benzene rings is 1. The summed E-state index contributed by atoms with van der Waals surface area (Å²) in [6.07, 6.45) is 2.67. The fourth-order valence-electron chi connectivity index (χ4n) is 2.33. The fraction of sp³-hybridized carbons (Fsp3) is 0.214. The van der Waals surface area contributed by atoms with Gasteiger partial charge in [0.05, 0.1) is 24.6 Å². The van der Waals surface area contributed by atoms with Gasteiger partial charge >= 0.3 is 0 Å². The molecule has 1 aromatic carbocycles. The second-order valence-electron chi connectivity index (χ2n) is 4.21. The van der Waals surface area contributed by atoms with E-state index in [0.717, 1.165) is 40.0 Å². The summed E-state index contributed by atoms with van der Waals surface area (Å²) in [4.78, 5) is 0. The van der Waals surface area contributed by atoms with E-state index in [4.69, 9.17) is 9.15 Å². The summed E-state index contributed by atoms with van der Waals surface area (Å²) in [5.41, 5.74) is 4.31. The van der Waals surface area contributed by atoms with E-state index in [1.807, 2.05) is 6.07 Å². The van der Waals surface area contributed by atoms with E-state index in [-0.39, 0.29) is 0 Å². The van der Waals surface area contributed by atoms with Crippen LogP contribution in [0.25, 0.3) is 28.8 Å². The number of aryl methyl sites for hydroxylation is 1. The molecule has 0 saturated carbocycles. The molecule has 0 aliphatic carbocycles. The van der Waals surface area contributed by atoms with Crippen molar-refractivity contribution in [3.8, 4) is 17.0 Å². The van der Waals surface area contributed by atoms with Crippen LogP contribution in [0.3, 0.4) is 0 Å². The molecular formula is C14H14N2O2. The molecule has 0 amide bonds. The molecule has 2 heterocycles. The molecule has 0 unspecified atom stereocenters. The van der Waals surface area contributed by atoms with Crippen molar-refractivity contribution in [2.75, 3.05) is 7.11 Å². The van der Waals surface area contributed by atoms with E-state index in [2.05, 4.69) is 29.8 Å². The first-order valence-electron chi connectivity index (χ1n) is 5.86. The molecule has 0 saturated heterocycles. The molecule has 2 aliphatic heterocycles. The third-order valence-electron chi connectivity index (χ3n) is 3.12. The molecular weight excluding hydrogens is 228 g/mol. The van der Waals surface area contributed by atoms with Crippen LogP contribution in [0, 0.1) is 0 Å².